The van der Waals surface area contributed by atoms with Gasteiger partial charge >= 0.3 is 0 Å². The molecule has 1 aliphatic rings. The first kappa shape index (κ1) is 8.97. The van der Waals surface area contributed by atoms with E-state index in [-0.39, 0.29) is 5.41 Å². The average Bonchev–Trinajstić information content (AvgIpc) is 2.85. The van der Waals surface area contributed by atoms with E-state index in [0.29, 0.717) is 4.99 Å². The lowest BCUT2D eigenvalue weighted by atomic mass is 9.96. The van der Waals surface area contributed by atoms with Crippen molar-refractivity contribution in [3.8, 4) is 0 Å². The van der Waals surface area contributed by atoms with Gasteiger partial charge in [0, 0.05) is 10.4 Å². The van der Waals surface area contributed by atoms with Crippen molar-refractivity contribution in [3.63, 3.8) is 0 Å². The van der Waals surface area contributed by atoms with Crippen LogP contribution >= 0.6 is 23.8 Å². The predicted molar refractivity (Wildman–Crippen MR) is 59.1 cm³/mol. The lowest BCUT2D eigenvalue weighted by Crippen LogP contribution is -2.26. The number of halogens is 1. The number of nitrogens with two attached hydrogens (primary N) is 1. The van der Waals surface area contributed by atoms with Gasteiger partial charge in [0.25, 0.3) is 0 Å². The van der Waals surface area contributed by atoms with Gasteiger partial charge < -0.3 is 5.73 Å². The van der Waals surface area contributed by atoms with Crippen LogP contribution in [0.3, 0.4) is 0 Å². The van der Waals surface area contributed by atoms with Gasteiger partial charge in [-0.2, -0.15) is 0 Å². The molecule has 13 heavy (non-hydrogen) atoms. The van der Waals surface area contributed by atoms with E-state index in [4.69, 9.17) is 29.6 Å². The quantitative estimate of drug-likeness (QED) is 0.762. The van der Waals surface area contributed by atoms with Gasteiger partial charge in [-0.3, -0.25) is 0 Å². The molecule has 1 aromatic carbocycles. The molecule has 68 valence electrons. The molecular weight excluding hydrogens is 202 g/mol. The first-order chi connectivity index (χ1) is 6.17. The molecule has 3 heteroatoms. The second-order valence-corrected chi connectivity index (χ2v) is 4.27. The van der Waals surface area contributed by atoms with E-state index in [1.807, 2.05) is 24.3 Å². The van der Waals surface area contributed by atoms with Crippen LogP contribution in [0.1, 0.15) is 18.4 Å². The second kappa shape index (κ2) is 2.96. The summed E-state index contributed by atoms with van der Waals surface area (Å²) in [5.74, 6) is 0. The number of benzene rings is 1. The van der Waals surface area contributed by atoms with E-state index in [2.05, 4.69) is 0 Å². The molecule has 0 spiro atoms. The molecule has 0 amide bonds. The molecule has 0 atom stereocenters. The van der Waals surface area contributed by atoms with Gasteiger partial charge in [-0.05, 0) is 24.5 Å². The minimum Gasteiger partial charge on any atom is -0.393 e. The van der Waals surface area contributed by atoms with Crippen molar-refractivity contribution >= 4 is 28.8 Å². The van der Waals surface area contributed by atoms with E-state index in [0.717, 1.165) is 23.4 Å². The van der Waals surface area contributed by atoms with Crippen LogP contribution in [0.5, 0.6) is 0 Å². The Balaban J connectivity index is 2.47. The maximum Gasteiger partial charge on any atom is 0.0835 e. The van der Waals surface area contributed by atoms with Crippen LogP contribution in [0.25, 0.3) is 0 Å². The maximum absolute atomic E-state index is 6.08. The highest BCUT2D eigenvalue weighted by molar-refractivity contribution is 7.80. The monoisotopic (exact) mass is 211 g/mol. The van der Waals surface area contributed by atoms with E-state index in [1.165, 1.54) is 0 Å². The Morgan fingerprint density at radius 2 is 2.00 bits per heavy atom. The van der Waals surface area contributed by atoms with Crippen molar-refractivity contribution in [1.29, 1.82) is 0 Å². The fourth-order valence-corrected chi connectivity index (χ4v) is 2.25. The topological polar surface area (TPSA) is 26.0 Å². The summed E-state index contributed by atoms with van der Waals surface area (Å²) in [4.78, 5) is 0.570. The minimum atomic E-state index is -0.0896. The minimum absolute atomic E-state index is 0.0896. The third-order valence-electron chi connectivity index (χ3n) is 2.61. The molecule has 1 saturated carbocycles. The van der Waals surface area contributed by atoms with Crippen LogP contribution in [0.4, 0.5) is 0 Å². The van der Waals surface area contributed by atoms with Gasteiger partial charge in [-0.15, -0.1) is 0 Å². The molecule has 2 rings (SSSR count). The summed E-state index contributed by atoms with van der Waals surface area (Å²) in [7, 11) is 0. The highest BCUT2D eigenvalue weighted by atomic mass is 35.5. The molecule has 1 fully saturated rings. The standard InChI is InChI=1S/C10H10ClNS/c11-8-4-2-1-3-7(8)10(5-6-10)9(12)13/h1-4H,5-6H2,(H2,12,13). The van der Waals surface area contributed by atoms with Crippen LogP contribution < -0.4 is 5.73 Å². The van der Waals surface area contributed by atoms with E-state index < -0.39 is 0 Å². The van der Waals surface area contributed by atoms with Crippen molar-refractivity contribution in [2.45, 2.75) is 18.3 Å². The SMILES string of the molecule is NC(=S)C1(c2ccccc2Cl)CC1. The number of hydrogen-bond donors (Lipinski definition) is 1. The summed E-state index contributed by atoms with van der Waals surface area (Å²) in [5, 5.41) is 0.771. The fourth-order valence-electron chi connectivity index (χ4n) is 1.62. The highest BCUT2D eigenvalue weighted by Gasteiger charge is 2.48. The molecule has 0 heterocycles. The normalized spacial score (nSPS) is 18.2. The third-order valence-corrected chi connectivity index (χ3v) is 3.33. The van der Waals surface area contributed by atoms with Crippen LogP contribution in [-0.4, -0.2) is 4.99 Å². The van der Waals surface area contributed by atoms with Crippen molar-refractivity contribution < 1.29 is 0 Å². The van der Waals surface area contributed by atoms with Crippen LogP contribution in [0.15, 0.2) is 24.3 Å². The Bertz CT molecular complexity index is 358. The van der Waals surface area contributed by atoms with Crippen molar-refractivity contribution in [1.82, 2.24) is 0 Å². The number of thiocarbonyl (C=S) groups is 1. The van der Waals surface area contributed by atoms with Gasteiger partial charge in [0.15, 0.2) is 0 Å². The summed E-state index contributed by atoms with van der Waals surface area (Å²) in [5.41, 5.74) is 6.70. The molecule has 1 aromatic rings. The Hall–Kier alpha value is -0.600. The first-order valence-electron chi connectivity index (χ1n) is 4.22. The molecule has 0 bridgehead atoms. The van der Waals surface area contributed by atoms with Crippen molar-refractivity contribution in [2.75, 3.05) is 0 Å². The number of rotatable bonds is 2. The summed E-state index contributed by atoms with van der Waals surface area (Å²) >= 11 is 11.1. The van der Waals surface area contributed by atoms with Crippen molar-refractivity contribution in [2.24, 2.45) is 5.73 Å². The Labute approximate surface area is 87.9 Å². The summed E-state index contributed by atoms with van der Waals surface area (Å²) in [6.07, 6.45) is 2.07. The van der Waals surface area contributed by atoms with Gasteiger partial charge in [0.1, 0.15) is 0 Å². The maximum atomic E-state index is 6.08. The highest BCUT2D eigenvalue weighted by Crippen LogP contribution is 2.50. The fraction of sp³-hybridized carbons (Fsp3) is 0.300. The molecule has 2 N–H and O–H groups in total. The van der Waals surface area contributed by atoms with Crippen LogP contribution in [-0.2, 0) is 5.41 Å². The zero-order valence-electron chi connectivity index (χ0n) is 7.09. The predicted octanol–water partition coefficient (Wildman–Crippen LogP) is 2.66. The van der Waals surface area contributed by atoms with Gasteiger partial charge in [0.05, 0.1) is 4.99 Å². The zero-order valence-corrected chi connectivity index (χ0v) is 8.66. The van der Waals surface area contributed by atoms with Crippen molar-refractivity contribution in [3.05, 3.63) is 34.9 Å². The van der Waals surface area contributed by atoms with Gasteiger partial charge in [0.2, 0.25) is 0 Å². The lowest BCUT2D eigenvalue weighted by molar-refractivity contribution is 0.955. The Kier molecular flexibility index (Phi) is 2.05. The molecule has 0 unspecified atom stereocenters. The van der Waals surface area contributed by atoms with Crippen LogP contribution in [0.2, 0.25) is 5.02 Å². The van der Waals surface area contributed by atoms with Crippen LogP contribution in [0, 0.1) is 0 Å². The van der Waals surface area contributed by atoms with Gasteiger partial charge in [-0.25, -0.2) is 0 Å². The third kappa shape index (κ3) is 1.34. The smallest absolute Gasteiger partial charge is 0.0835 e. The molecule has 1 aliphatic carbocycles. The summed E-state index contributed by atoms with van der Waals surface area (Å²) in [6, 6.07) is 7.78. The second-order valence-electron chi connectivity index (χ2n) is 3.43. The first-order valence-corrected chi connectivity index (χ1v) is 5.00. The van der Waals surface area contributed by atoms with E-state index >= 15 is 0 Å². The lowest BCUT2D eigenvalue weighted by Gasteiger charge is -2.14. The Morgan fingerprint density at radius 3 is 2.46 bits per heavy atom. The molecule has 0 aliphatic heterocycles. The molecule has 1 nitrogen and oxygen atoms in total. The van der Waals surface area contributed by atoms with E-state index in [1.54, 1.807) is 0 Å². The number of hydrogen-bond acceptors (Lipinski definition) is 1. The molecular formula is C10H10ClNS. The van der Waals surface area contributed by atoms with E-state index in [9.17, 15) is 0 Å². The Morgan fingerprint density at radius 1 is 1.38 bits per heavy atom. The summed E-state index contributed by atoms with van der Waals surface area (Å²) < 4.78 is 0. The molecule has 0 saturated heterocycles. The molecule has 0 radical (unpaired) electrons. The zero-order chi connectivity index (χ0) is 9.47. The van der Waals surface area contributed by atoms with Gasteiger partial charge in [-0.1, -0.05) is 42.0 Å². The molecule has 0 aromatic heterocycles. The average molecular weight is 212 g/mol. The summed E-state index contributed by atoms with van der Waals surface area (Å²) in [6.45, 7) is 0. The largest absolute Gasteiger partial charge is 0.393 e.